The minimum Gasteiger partial charge on any atom is -0.467 e. The number of nitrogens with one attached hydrogen (secondary N) is 1. The van der Waals surface area contributed by atoms with Crippen molar-refractivity contribution in [1.29, 1.82) is 0 Å². The van der Waals surface area contributed by atoms with E-state index in [-0.39, 0.29) is 5.91 Å². The van der Waals surface area contributed by atoms with Gasteiger partial charge >= 0.3 is 0 Å². The minimum absolute atomic E-state index is 0.00877. The van der Waals surface area contributed by atoms with E-state index in [1.807, 2.05) is 37.4 Å². The number of aryl methyl sites for hydroxylation is 1. The lowest BCUT2D eigenvalue weighted by Crippen LogP contribution is -2.30. The van der Waals surface area contributed by atoms with Crippen molar-refractivity contribution in [2.45, 2.75) is 52.5 Å². The Labute approximate surface area is 169 Å². The lowest BCUT2D eigenvalue weighted by atomic mass is 9.89. The van der Waals surface area contributed by atoms with Crippen LogP contribution in [-0.4, -0.2) is 22.0 Å². The molecule has 148 valence electrons. The molecule has 5 nitrogen and oxygen atoms in total. The molecule has 0 unspecified atom stereocenters. The maximum Gasteiger partial charge on any atom is 0.253 e. The molecule has 3 heterocycles. The molecule has 0 radical (unpaired) electrons. The predicted octanol–water partition coefficient (Wildman–Crippen LogP) is 5.18. The van der Waals surface area contributed by atoms with Gasteiger partial charge in [0.25, 0.3) is 5.91 Å². The number of hydrogen-bond donors (Lipinski definition) is 1. The average Bonchev–Trinajstić information content (AvgIpc) is 3.43. The fourth-order valence-corrected chi connectivity index (χ4v) is 4.66. The zero-order valence-corrected chi connectivity index (χ0v) is 17.3. The third-order valence-electron chi connectivity index (χ3n) is 5.66. The molecule has 0 aliphatic heterocycles. The Morgan fingerprint density at radius 3 is 2.82 bits per heavy atom. The SMILES string of the molecule is Cc1nc(-c2cc(C(=O)NCC3CCCCC3)c(C)n2Cc2ccco2)cs1. The quantitative estimate of drug-likeness (QED) is 0.623. The molecule has 1 amide bonds. The predicted molar refractivity (Wildman–Crippen MR) is 112 cm³/mol. The van der Waals surface area contributed by atoms with Crippen LogP contribution in [0.4, 0.5) is 0 Å². The molecule has 0 atom stereocenters. The molecular formula is C22H27N3O2S. The number of thiazole rings is 1. The van der Waals surface area contributed by atoms with E-state index < -0.39 is 0 Å². The molecule has 0 spiro atoms. The van der Waals surface area contributed by atoms with Crippen LogP contribution in [0.3, 0.4) is 0 Å². The minimum atomic E-state index is 0.00877. The summed E-state index contributed by atoms with van der Waals surface area (Å²) in [6.45, 7) is 5.35. The highest BCUT2D eigenvalue weighted by Gasteiger charge is 2.22. The molecule has 28 heavy (non-hydrogen) atoms. The number of hydrogen-bond acceptors (Lipinski definition) is 4. The van der Waals surface area contributed by atoms with E-state index in [0.29, 0.717) is 12.5 Å². The normalized spacial score (nSPS) is 15.1. The lowest BCUT2D eigenvalue weighted by Gasteiger charge is -2.21. The third-order valence-corrected chi connectivity index (χ3v) is 6.44. The molecule has 1 aliphatic rings. The zero-order valence-electron chi connectivity index (χ0n) is 16.5. The Morgan fingerprint density at radius 2 is 2.14 bits per heavy atom. The molecule has 0 bridgehead atoms. The van der Waals surface area contributed by atoms with Crippen LogP contribution in [0.2, 0.25) is 0 Å². The highest BCUT2D eigenvalue weighted by molar-refractivity contribution is 7.09. The number of carbonyl (C=O) groups is 1. The molecule has 0 saturated heterocycles. The van der Waals surface area contributed by atoms with E-state index in [0.717, 1.165) is 40.0 Å². The number of nitrogens with zero attached hydrogens (tertiary/aromatic N) is 2. The second-order valence-electron chi connectivity index (χ2n) is 7.66. The van der Waals surface area contributed by atoms with Gasteiger partial charge in [-0.25, -0.2) is 4.98 Å². The Morgan fingerprint density at radius 1 is 1.32 bits per heavy atom. The van der Waals surface area contributed by atoms with E-state index >= 15 is 0 Å². The van der Waals surface area contributed by atoms with Gasteiger partial charge in [-0.3, -0.25) is 4.79 Å². The van der Waals surface area contributed by atoms with Crippen LogP contribution in [0.1, 0.15) is 58.9 Å². The summed E-state index contributed by atoms with van der Waals surface area (Å²) >= 11 is 1.62. The molecule has 1 fully saturated rings. The first kappa shape index (κ1) is 19.0. The first-order valence-electron chi connectivity index (χ1n) is 10.0. The molecule has 0 aromatic carbocycles. The highest BCUT2D eigenvalue weighted by atomic mass is 32.1. The van der Waals surface area contributed by atoms with Crippen molar-refractivity contribution in [1.82, 2.24) is 14.9 Å². The fourth-order valence-electron chi connectivity index (χ4n) is 4.05. The summed E-state index contributed by atoms with van der Waals surface area (Å²) < 4.78 is 7.67. The van der Waals surface area contributed by atoms with Gasteiger partial charge in [0.2, 0.25) is 0 Å². The molecule has 4 rings (SSSR count). The van der Waals surface area contributed by atoms with Crippen molar-refractivity contribution in [3.05, 3.63) is 51.9 Å². The van der Waals surface area contributed by atoms with Gasteiger partial charge in [0.15, 0.2) is 0 Å². The van der Waals surface area contributed by atoms with Gasteiger partial charge in [-0.15, -0.1) is 11.3 Å². The topological polar surface area (TPSA) is 60.1 Å². The van der Waals surface area contributed by atoms with Crippen LogP contribution in [0.5, 0.6) is 0 Å². The van der Waals surface area contributed by atoms with Crippen LogP contribution >= 0.6 is 11.3 Å². The van der Waals surface area contributed by atoms with E-state index in [2.05, 4.69) is 14.9 Å². The van der Waals surface area contributed by atoms with Crippen LogP contribution in [0.15, 0.2) is 34.3 Å². The fraction of sp³-hybridized carbons (Fsp3) is 0.455. The van der Waals surface area contributed by atoms with Gasteiger partial charge < -0.3 is 14.3 Å². The van der Waals surface area contributed by atoms with Crippen molar-refractivity contribution in [2.24, 2.45) is 5.92 Å². The van der Waals surface area contributed by atoms with Gasteiger partial charge in [0.05, 0.1) is 34.8 Å². The molecule has 1 saturated carbocycles. The van der Waals surface area contributed by atoms with Gasteiger partial charge in [-0.1, -0.05) is 19.3 Å². The Hall–Kier alpha value is -2.34. The molecule has 3 aromatic rings. The number of carbonyl (C=O) groups excluding carboxylic acids is 1. The zero-order chi connectivity index (χ0) is 19.5. The van der Waals surface area contributed by atoms with Gasteiger partial charge in [-0.2, -0.15) is 0 Å². The maximum atomic E-state index is 12.9. The van der Waals surface area contributed by atoms with Crippen molar-refractivity contribution in [3.8, 4) is 11.4 Å². The van der Waals surface area contributed by atoms with E-state index in [1.54, 1.807) is 17.6 Å². The number of amides is 1. The summed E-state index contributed by atoms with van der Waals surface area (Å²) in [5, 5.41) is 6.24. The summed E-state index contributed by atoms with van der Waals surface area (Å²) in [7, 11) is 0. The van der Waals surface area contributed by atoms with Gasteiger partial charge in [0, 0.05) is 17.6 Å². The van der Waals surface area contributed by atoms with E-state index in [4.69, 9.17) is 4.42 Å². The number of aromatic nitrogens is 2. The van der Waals surface area contributed by atoms with Crippen LogP contribution < -0.4 is 5.32 Å². The van der Waals surface area contributed by atoms with Gasteiger partial charge in [0.1, 0.15) is 5.76 Å². The Balaban J connectivity index is 1.59. The molecule has 3 aromatic heterocycles. The first-order chi connectivity index (χ1) is 13.6. The van der Waals surface area contributed by atoms with Crippen LogP contribution in [0, 0.1) is 19.8 Å². The summed E-state index contributed by atoms with van der Waals surface area (Å²) in [6.07, 6.45) is 8.03. The largest absolute Gasteiger partial charge is 0.467 e. The lowest BCUT2D eigenvalue weighted by molar-refractivity contribution is 0.0943. The highest BCUT2D eigenvalue weighted by Crippen LogP contribution is 2.29. The number of furan rings is 1. The Kier molecular flexibility index (Phi) is 5.67. The summed E-state index contributed by atoms with van der Waals surface area (Å²) in [5.74, 6) is 1.49. The summed E-state index contributed by atoms with van der Waals surface area (Å²) in [6, 6.07) is 5.82. The molecule has 1 aliphatic carbocycles. The standard InChI is InChI=1S/C22H27N3O2S/c1-15-19(22(26)23-12-17-7-4-3-5-8-17)11-21(20-14-28-16(2)24-20)25(15)13-18-9-6-10-27-18/h6,9-11,14,17H,3-5,7-8,12-13H2,1-2H3,(H,23,26). The Bertz CT molecular complexity index is 933. The van der Waals surface area contributed by atoms with Crippen molar-refractivity contribution in [2.75, 3.05) is 6.54 Å². The summed E-state index contributed by atoms with van der Waals surface area (Å²) in [4.78, 5) is 17.6. The monoisotopic (exact) mass is 397 g/mol. The first-order valence-corrected chi connectivity index (χ1v) is 10.9. The van der Waals surface area contributed by atoms with Crippen molar-refractivity contribution in [3.63, 3.8) is 0 Å². The second-order valence-corrected chi connectivity index (χ2v) is 8.72. The third kappa shape index (κ3) is 4.07. The second kappa shape index (κ2) is 8.35. The number of rotatable bonds is 6. The van der Waals surface area contributed by atoms with Crippen LogP contribution in [-0.2, 0) is 6.54 Å². The van der Waals surface area contributed by atoms with Crippen molar-refractivity contribution < 1.29 is 9.21 Å². The molecule has 6 heteroatoms. The maximum absolute atomic E-state index is 12.9. The smallest absolute Gasteiger partial charge is 0.253 e. The summed E-state index contributed by atoms with van der Waals surface area (Å²) in [5.41, 5.74) is 3.53. The van der Waals surface area contributed by atoms with E-state index in [1.165, 1.54) is 32.1 Å². The molecular weight excluding hydrogens is 370 g/mol. The van der Waals surface area contributed by atoms with Gasteiger partial charge in [-0.05, 0) is 50.8 Å². The van der Waals surface area contributed by atoms with E-state index in [9.17, 15) is 4.79 Å². The average molecular weight is 398 g/mol. The van der Waals surface area contributed by atoms with Crippen molar-refractivity contribution >= 4 is 17.2 Å². The molecule has 1 N–H and O–H groups in total. The van der Waals surface area contributed by atoms with Crippen LogP contribution in [0.25, 0.3) is 11.4 Å².